The van der Waals surface area contributed by atoms with Gasteiger partial charge in [-0.05, 0) is 54.5 Å². The van der Waals surface area contributed by atoms with Gasteiger partial charge in [0.15, 0.2) is 0 Å². The first-order valence-corrected chi connectivity index (χ1v) is 10.5. The van der Waals surface area contributed by atoms with Gasteiger partial charge in [0.05, 0.1) is 6.61 Å². The van der Waals surface area contributed by atoms with Crippen LogP contribution in [-0.4, -0.2) is 56.6 Å². The number of aliphatic hydroxyl groups is 5. The molecule has 1 heterocycles. The van der Waals surface area contributed by atoms with Crippen molar-refractivity contribution in [2.24, 2.45) is 0 Å². The van der Waals surface area contributed by atoms with Crippen molar-refractivity contribution < 1.29 is 30.3 Å². The molecular weight excluding hydrogens is 408 g/mol. The monoisotopic (exact) mass is 434 g/mol. The van der Waals surface area contributed by atoms with Crippen molar-refractivity contribution in [1.82, 2.24) is 0 Å². The zero-order chi connectivity index (χ0) is 21.6. The molecule has 2 fully saturated rings. The van der Waals surface area contributed by atoms with Gasteiger partial charge in [-0.25, -0.2) is 0 Å². The molecule has 162 valence electrons. The third-order valence-corrected chi connectivity index (χ3v) is 6.59. The van der Waals surface area contributed by atoms with E-state index in [0.29, 0.717) is 27.6 Å². The molecule has 7 heteroatoms. The van der Waals surface area contributed by atoms with Crippen LogP contribution in [0.25, 0.3) is 0 Å². The molecule has 0 spiro atoms. The molecule has 0 radical (unpaired) electrons. The topological polar surface area (TPSA) is 110 Å². The van der Waals surface area contributed by atoms with Gasteiger partial charge in [0.25, 0.3) is 0 Å². The van der Waals surface area contributed by atoms with Crippen molar-refractivity contribution in [2.75, 3.05) is 6.61 Å². The fourth-order valence-electron chi connectivity index (χ4n) is 4.12. The molecule has 2 aliphatic rings. The van der Waals surface area contributed by atoms with Crippen molar-refractivity contribution >= 4 is 11.6 Å². The number of hydrogen-bond donors (Lipinski definition) is 5. The highest BCUT2D eigenvalue weighted by Crippen LogP contribution is 2.42. The maximum absolute atomic E-state index is 11.3. The number of hydrogen-bond acceptors (Lipinski definition) is 6. The van der Waals surface area contributed by atoms with E-state index in [-0.39, 0.29) is 0 Å². The number of ether oxygens (including phenoxy) is 1. The SMILES string of the molecule is CC(O)(c1ccc(C2CC2)cc1)c1cc(C2OC(CO)C(O)C(O)C2O)ccc1Cl. The van der Waals surface area contributed by atoms with Gasteiger partial charge in [0.1, 0.15) is 36.1 Å². The molecule has 0 bridgehead atoms. The Kier molecular flexibility index (Phi) is 5.94. The molecule has 1 aliphatic carbocycles. The van der Waals surface area contributed by atoms with Crippen LogP contribution in [-0.2, 0) is 10.3 Å². The molecule has 4 rings (SSSR count). The van der Waals surface area contributed by atoms with Crippen molar-refractivity contribution in [3.63, 3.8) is 0 Å². The second-order valence-electron chi connectivity index (χ2n) is 8.46. The first-order chi connectivity index (χ1) is 14.2. The van der Waals surface area contributed by atoms with Crippen molar-refractivity contribution in [1.29, 1.82) is 0 Å². The summed E-state index contributed by atoms with van der Waals surface area (Å²) in [7, 11) is 0. The predicted octanol–water partition coefficient (Wildman–Crippen LogP) is 1.99. The quantitative estimate of drug-likeness (QED) is 0.492. The zero-order valence-corrected chi connectivity index (χ0v) is 17.4. The van der Waals surface area contributed by atoms with Crippen LogP contribution in [0.5, 0.6) is 0 Å². The molecule has 2 aromatic carbocycles. The van der Waals surface area contributed by atoms with Crippen molar-refractivity contribution in [2.45, 2.75) is 61.8 Å². The van der Waals surface area contributed by atoms with E-state index in [1.807, 2.05) is 24.3 Å². The maximum Gasteiger partial charge on any atom is 0.113 e. The van der Waals surface area contributed by atoms with Gasteiger partial charge >= 0.3 is 0 Å². The van der Waals surface area contributed by atoms with Gasteiger partial charge < -0.3 is 30.3 Å². The van der Waals surface area contributed by atoms with Crippen LogP contribution in [0.2, 0.25) is 5.02 Å². The number of benzene rings is 2. The van der Waals surface area contributed by atoms with E-state index in [1.165, 1.54) is 18.4 Å². The predicted molar refractivity (Wildman–Crippen MR) is 111 cm³/mol. The highest BCUT2D eigenvalue weighted by Gasteiger charge is 2.44. The average Bonchev–Trinajstić information content (AvgIpc) is 3.58. The van der Waals surface area contributed by atoms with E-state index in [2.05, 4.69) is 0 Å². The van der Waals surface area contributed by atoms with Gasteiger partial charge in [-0.15, -0.1) is 0 Å². The minimum Gasteiger partial charge on any atom is -0.394 e. The van der Waals surface area contributed by atoms with E-state index in [0.717, 1.165) is 0 Å². The van der Waals surface area contributed by atoms with Gasteiger partial charge in [-0.3, -0.25) is 0 Å². The fourth-order valence-corrected chi connectivity index (χ4v) is 4.42. The third kappa shape index (κ3) is 3.89. The summed E-state index contributed by atoms with van der Waals surface area (Å²) < 4.78 is 5.64. The Morgan fingerprint density at radius 2 is 1.60 bits per heavy atom. The van der Waals surface area contributed by atoms with E-state index >= 15 is 0 Å². The molecule has 6 unspecified atom stereocenters. The van der Waals surface area contributed by atoms with E-state index in [4.69, 9.17) is 16.3 Å². The number of aliphatic hydroxyl groups excluding tert-OH is 4. The van der Waals surface area contributed by atoms with Crippen LogP contribution in [0, 0.1) is 0 Å². The van der Waals surface area contributed by atoms with Crippen LogP contribution < -0.4 is 0 Å². The highest BCUT2D eigenvalue weighted by molar-refractivity contribution is 6.31. The summed E-state index contributed by atoms with van der Waals surface area (Å²) in [4.78, 5) is 0. The Bertz CT molecular complexity index is 893. The van der Waals surface area contributed by atoms with Crippen LogP contribution in [0.1, 0.15) is 54.0 Å². The second-order valence-corrected chi connectivity index (χ2v) is 8.86. The van der Waals surface area contributed by atoms with Gasteiger partial charge in [0.2, 0.25) is 0 Å². The lowest BCUT2D eigenvalue weighted by Crippen LogP contribution is -2.55. The Balaban J connectivity index is 1.67. The largest absolute Gasteiger partial charge is 0.394 e. The van der Waals surface area contributed by atoms with Crippen LogP contribution in [0.3, 0.4) is 0 Å². The molecule has 0 aromatic heterocycles. The molecule has 1 saturated carbocycles. The Labute approximate surface area is 180 Å². The number of halogens is 1. The minimum atomic E-state index is -1.48. The van der Waals surface area contributed by atoms with Crippen molar-refractivity contribution in [3.8, 4) is 0 Å². The Morgan fingerprint density at radius 1 is 0.967 bits per heavy atom. The molecule has 0 amide bonds. The maximum atomic E-state index is 11.3. The highest BCUT2D eigenvalue weighted by atomic mass is 35.5. The van der Waals surface area contributed by atoms with E-state index in [1.54, 1.807) is 25.1 Å². The molecule has 1 saturated heterocycles. The van der Waals surface area contributed by atoms with Crippen molar-refractivity contribution in [3.05, 3.63) is 69.7 Å². The summed E-state index contributed by atoms with van der Waals surface area (Å²) in [6.45, 7) is 1.14. The first-order valence-electron chi connectivity index (χ1n) is 10.2. The second kappa shape index (κ2) is 8.20. The average molecular weight is 435 g/mol. The summed E-state index contributed by atoms with van der Waals surface area (Å²) in [5, 5.41) is 51.7. The normalized spacial score (nSPS) is 31.4. The minimum absolute atomic E-state index is 0.347. The summed E-state index contributed by atoms with van der Waals surface area (Å²) in [5.74, 6) is 0.613. The molecular formula is C23H27ClO6. The Morgan fingerprint density at radius 3 is 2.20 bits per heavy atom. The summed E-state index contributed by atoms with van der Waals surface area (Å²) >= 11 is 6.41. The van der Waals surface area contributed by atoms with Gasteiger partial charge in [-0.2, -0.15) is 0 Å². The summed E-state index contributed by atoms with van der Waals surface area (Å²) in [6, 6.07) is 12.7. The Hall–Kier alpha value is -1.51. The third-order valence-electron chi connectivity index (χ3n) is 6.26. The van der Waals surface area contributed by atoms with Crippen LogP contribution in [0.4, 0.5) is 0 Å². The zero-order valence-electron chi connectivity index (χ0n) is 16.6. The van der Waals surface area contributed by atoms with Gasteiger partial charge in [0, 0.05) is 10.6 Å². The van der Waals surface area contributed by atoms with Crippen LogP contribution in [0.15, 0.2) is 42.5 Å². The lowest BCUT2D eigenvalue weighted by molar-refractivity contribution is -0.231. The fraction of sp³-hybridized carbons (Fsp3) is 0.478. The molecule has 2 aromatic rings. The molecule has 5 N–H and O–H groups in total. The molecule has 1 aliphatic heterocycles. The smallest absolute Gasteiger partial charge is 0.113 e. The molecule has 6 nitrogen and oxygen atoms in total. The van der Waals surface area contributed by atoms with E-state index in [9.17, 15) is 25.5 Å². The standard InChI is InChI=1S/C23H27ClO6/c1-23(29,15-7-4-13(5-8-15)12-2-3-12)16-10-14(6-9-17(16)24)22-21(28)20(27)19(26)18(11-25)30-22/h4-10,12,18-22,25-29H,2-3,11H2,1H3. The molecule has 6 atom stereocenters. The van der Waals surface area contributed by atoms with E-state index < -0.39 is 42.7 Å². The lowest BCUT2D eigenvalue weighted by atomic mass is 9.84. The lowest BCUT2D eigenvalue weighted by Gasteiger charge is -2.40. The summed E-state index contributed by atoms with van der Waals surface area (Å²) in [5.41, 5.74) is 1.44. The first kappa shape index (κ1) is 21.7. The van der Waals surface area contributed by atoms with Crippen LogP contribution >= 0.6 is 11.6 Å². The molecule has 30 heavy (non-hydrogen) atoms. The number of rotatable bonds is 5. The summed E-state index contributed by atoms with van der Waals surface area (Å²) in [6.07, 6.45) is -3.92. The van der Waals surface area contributed by atoms with Gasteiger partial charge in [-0.1, -0.05) is 41.9 Å².